The first-order valence-corrected chi connectivity index (χ1v) is 12.0. The summed E-state index contributed by atoms with van der Waals surface area (Å²) in [4.78, 5) is 17.3. The van der Waals surface area contributed by atoms with E-state index in [9.17, 15) is 4.79 Å². The summed E-state index contributed by atoms with van der Waals surface area (Å²) >= 11 is 12.2. The van der Waals surface area contributed by atoms with Crippen molar-refractivity contribution in [1.29, 1.82) is 0 Å². The molecule has 2 aromatic heterocycles. The Kier molecular flexibility index (Phi) is 6.44. The van der Waals surface area contributed by atoms with Gasteiger partial charge in [0.1, 0.15) is 17.0 Å². The first-order valence-electron chi connectivity index (χ1n) is 11.3. The van der Waals surface area contributed by atoms with Crippen molar-refractivity contribution in [2.24, 2.45) is 0 Å². The molecule has 0 spiro atoms. The van der Waals surface area contributed by atoms with Crippen molar-refractivity contribution in [3.8, 4) is 22.8 Å². The first-order chi connectivity index (χ1) is 17.2. The average Bonchev–Trinajstić information content (AvgIpc) is 3.46. The lowest BCUT2D eigenvalue weighted by molar-refractivity contribution is -0.111. The molecule has 1 amide bonds. The second-order valence-electron chi connectivity index (χ2n) is 8.66. The van der Waals surface area contributed by atoms with Gasteiger partial charge >= 0.3 is 0 Å². The van der Waals surface area contributed by atoms with Crippen molar-refractivity contribution in [2.75, 3.05) is 5.32 Å². The molecule has 0 saturated heterocycles. The smallest absolute Gasteiger partial charge is 0.248 e. The fraction of sp³-hybridized carbons (Fsp3) is 0.103. The number of amides is 1. The number of carbonyl (C=O) groups excluding carboxylic acids is 1. The Hall–Kier alpha value is -3.80. The maximum Gasteiger partial charge on any atom is 0.248 e. The van der Waals surface area contributed by atoms with Gasteiger partial charge in [-0.3, -0.25) is 4.79 Å². The molecule has 0 aliphatic heterocycles. The Labute approximate surface area is 218 Å². The van der Waals surface area contributed by atoms with E-state index in [4.69, 9.17) is 32.0 Å². The van der Waals surface area contributed by atoms with E-state index in [0.717, 1.165) is 38.9 Å². The molecule has 3 aromatic carbocycles. The number of nitrogens with one attached hydrogen (secondary N) is 1. The van der Waals surface area contributed by atoms with Crippen LogP contribution in [0.1, 0.15) is 22.5 Å². The van der Waals surface area contributed by atoms with Gasteiger partial charge in [0.15, 0.2) is 5.58 Å². The lowest BCUT2D eigenvalue weighted by Crippen LogP contribution is -2.09. The highest BCUT2D eigenvalue weighted by atomic mass is 35.5. The van der Waals surface area contributed by atoms with Crippen molar-refractivity contribution in [1.82, 2.24) is 4.98 Å². The maximum absolute atomic E-state index is 12.7. The van der Waals surface area contributed by atoms with E-state index in [1.54, 1.807) is 36.4 Å². The monoisotopic (exact) mass is 516 g/mol. The van der Waals surface area contributed by atoms with E-state index in [1.165, 1.54) is 6.08 Å². The van der Waals surface area contributed by atoms with Crippen LogP contribution in [0.15, 0.2) is 75.6 Å². The van der Waals surface area contributed by atoms with Crippen LogP contribution < -0.4 is 5.32 Å². The third-order valence-electron chi connectivity index (χ3n) is 5.74. The highest BCUT2D eigenvalue weighted by Gasteiger charge is 2.13. The molecule has 0 aliphatic rings. The second kappa shape index (κ2) is 9.69. The molecule has 36 heavy (non-hydrogen) atoms. The Morgan fingerprint density at radius 1 is 0.861 bits per heavy atom. The number of oxazole rings is 1. The van der Waals surface area contributed by atoms with Gasteiger partial charge in [0, 0.05) is 32.9 Å². The second-order valence-corrected chi connectivity index (χ2v) is 9.53. The first kappa shape index (κ1) is 23.9. The zero-order valence-electron chi connectivity index (χ0n) is 19.9. The van der Waals surface area contributed by atoms with Crippen LogP contribution in [0.3, 0.4) is 0 Å². The number of nitrogens with zero attached hydrogens (tertiary/aromatic N) is 1. The summed E-state index contributed by atoms with van der Waals surface area (Å²) in [5.74, 6) is 1.35. The van der Waals surface area contributed by atoms with Gasteiger partial charge in [0.25, 0.3) is 0 Å². The third kappa shape index (κ3) is 5.08. The number of aromatic nitrogens is 1. The number of fused-ring (bicyclic) bond motifs is 1. The van der Waals surface area contributed by atoms with Crippen molar-refractivity contribution >= 4 is 52.0 Å². The molecule has 1 N–H and O–H groups in total. The van der Waals surface area contributed by atoms with Gasteiger partial charge < -0.3 is 14.2 Å². The molecule has 5 aromatic rings. The quantitative estimate of drug-likeness (QED) is 0.237. The summed E-state index contributed by atoms with van der Waals surface area (Å²) in [7, 11) is 0. The lowest BCUT2D eigenvalue weighted by Gasteiger charge is -2.08. The molecule has 0 unspecified atom stereocenters. The summed E-state index contributed by atoms with van der Waals surface area (Å²) < 4.78 is 11.9. The van der Waals surface area contributed by atoms with E-state index in [-0.39, 0.29) is 5.91 Å². The average molecular weight is 517 g/mol. The number of anilines is 1. The Balaban J connectivity index is 1.33. The van der Waals surface area contributed by atoms with Gasteiger partial charge in [-0.1, -0.05) is 35.3 Å². The fourth-order valence-corrected chi connectivity index (χ4v) is 4.54. The molecular formula is C29H22Cl2N2O3. The number of benzene rings is 3. The maximum atomic E-state index is 12.7. The highest BCUT2D eigenvalue weighted by molar-refractivity contribution is 6.35. The summed E-state index contributed by atoms with van der Waals surface area (Å²) in [6, 6.07) is 18.5. The molecule has 2 heterocycles. The highest BCUT2D eigenvalue weighted by Crippen LogP contribution is 2.31. The number of carbonyl (C=O) groups is 1. The molecule has 180 valence electrons. The standard InChI is InChI=1S/C29H22Cl2N2O3/c1-16-10-18(3)28-25(11-16)33-29(36-28)19-5-4-17(2)24(14-19)32-27(34)9-7-23-6-8-26(35-23)20-12-21(30)15-22(31)13-20/h4-15H,1-3H3,(H,32,34)/b9-7+. The van der Waals surface area contributed by atoms with Gasteiger partial charge in [0.2, 0.25) is 11.8 Å². The summed E-state index contributed by atoms with van der Waals surface area (Å²) in [5.41, 5.74) is 6.87. The molecule has 0 radical (unpaired) electrons. The third-order valence-corrected chi connectivity index (χ3v) is 6.17. The SMILES string of the molecule is Cc1cc(C)c2oc(-c3ccc(C)c(NC(=O)/C=C/c4ccc(-c5cc(Cl)cc(Cl)c5)o4)c3)nc2c1. The zero-order valence-corrected chi connectivity index (χ0v) is 21.4. The molecule has 0 aliphatic carbocycles. The molecule has 0 fully saturated rings. The largest absolute Gasteiger partial charge is 0.457 e. The Bertz CT molecular complexity index is 1630. The minimum Gasteiger partial charge on any atom is -0.457 e. The van der Waals surface area contributed by atoms with Crippen LogP contribution in [-0.2, 0) is 4.79 Å². The van der Waals surface area contributed by atoms with E-state index in [0.29, 0.717) is 33.1 Å². The van der Waals surface area contributed by atoms with Crippen molar-refractivity contribution in [3.05, 3.63) is 99.2 Å². The van der Waals surface area contributed by atoms with Crippen molar-refractivity contribution < 1.29 is 13.6 Å². The van der Waals surface area contributed by atoms with Crippen molar-refractivity contribution in [3.63, 3.8) is 0 Å². The molecule has 5 rings (SSSR count). The predicted molar refractivity (Wildman–Crippen MR) is 145 cm³/mol. The number of aryl methyl sites for hydroxylation is 3. The minimum absolute atomic E-state index is 0.289. The molecule has 7 heteroatoms. The van der Waals surface area contributed by atoms with Crippen LogP contribution in [0.25, 0.3) is 40.0 Å². The van der Waals surface area contributed by atoms with Gasteiger partial charge in [0.05, 0.1) is 0 Å². The Morgan fingerprint density at radius 3 is 2.42 bits per heavy atom. The molecule has 5 nitrogen and oxygen atoms in total. The summed E-state index contributed by atoms with van der Waals surface area (Å²) in [6.45, 7) is 5.96. The van der Waals surface area contributed by atoms with Gasteiger partial charge in [-0.05, 0) is 92.1 Å². The van der Waals surface area contributed by atoms with E-state index < -0.39 is 0 Å². The van der Waals surface area contributed by atoms with Crippen LogP contribution in [0.2, 0.25) is 10.0 Å². The van der Waals surface area contributed by atoms with Crippen LogP contribution in [-0.4, -0.2) is 10.9 Å². The number of halogens is 2. The lowest BCUT2D eigenvalue weighted by atomic mass is 10.1. The van der Waals surface area contributed by atoms with E-state index in [2.05, 4.69) is 16.4 Å². The van der Waals surface area contributed by atoms with E-state index >= 15 is 0 Å². The Morgan fingerprint density at radius 2 is 1.64 bits per heavy atom. The molecule has 0 atom stereocenters. The minimum atomic E-state index is -0.289. The number of rotatable bonds is 5. The molecule has 0 saturated carbocycles. The molecule has 0 bridgehead atoms. The van der Waals surface area contributed by atoms with Crippen LogP contribution in [0, 0.1) is 20.8 Å². The summed E-state index contributed by atoms with van der Waals surface area (Å²) in [6.07, 6.45) is 3.03. The fourth-order valence-electron chi connectivity index (χ4n) is 4.02. The zero-order chi connectivity index (χ0) is 25.4. The predicted octanol–water partition coefficient (Wildman–Crippen LogP) is 8.64. The normalized spacial score (nSPS) is 11.5. The van der Waals surface area contributed by atoms with Crippen LogP contribution in [0.4, 0.5) is 5.69 Å². The van der Waals surface area contributed by atoms with E-state index in [1.807, 2.05) is 45.0 Å². The van der Waals surface area contributed by atoms with Crippen LogP contribution in [0.5, 0.6) is 0 Å². The van der Waals surface area contributed by atoms with Crippen molar-refractivity contribution in [2.45, 2.75) is 20.8 Å². The van der Waals surface area contributed by atoms with Gasteiger partial charge in [-0.2, -0.15) is 0 Å². The van der Waals surface area contributed by atoms with Gasteiger partial charge in [-0.25, -0.2) is 4.98 Å². The number of furan rings is 1. The van der Waals surface area contributed by atoms with Crippen LogP contribution >= 0.6 is 23.2 Å². The molecular weight excluding hydrogens is 495 g/mol. The number of hydrogen-bond acceptors (Lipinski definition) is 4. The van der Waals surface area contributed by atoms with Gasteiger partial charge in [-0.15, -0.1) is 0 Å². The number of hydrogen-bond donors (Lipinski definition) is 1. The summed E-state index contributed by atoms with van der Waals surface area (Å²) in [5, 5.41) is 3.97. The topological polar surface area (TPSA) is 68.3 Å².